The highest BCUT2D eigenvalue weighted by atomic mass is 32.2. The van der Waals surface area contributed by atoms with Crippen LogP contribution >= 0.6 is 0 Å². The minimum Gasteiger partial charge on any atom is -0.306 e. The van der Waals surface area contributed by atoms with E-state index >= 15 is 0 Å². The molecule has 0 aliphatic carbocycles. The normalized spacial score (nSPS) is 10.9. The van der Waals surface area contributed by atoms with Crippen LogP contribution in [0.2, 0.25) is 0 Å². The molecule has 0 fully saturated rings. The maximum atomic E-state index is 11.0. The van der Waals surface area contributed by atoms with Gasteiger partial charge in [-0.25, -0.2) is 8.42 Å². The van der Waals surface area contributed by atoms with Gasteiger partial charge in [-0.2, -0.15) is 0 Å². The standard InChI is InChI=1S/C7H17NO2S.C2H6/c1-4-8(3)6-7-11(9,10)5-2;1-2/h4-7H2,1-3H3;1-2H3. The van der Waals surface area contributed by atoms with Gasteiger partial charge < -0.3 is 4.90 Å². The highest BCUT2D eigenvalue weighted by Gasteiger charge is 2.07. The number of hydrogen-bond acceptors (Lipinski definition) is 3. The van der Waals surface area contributed by atoms with Crippen LogP contribution in [0.25, 0.3) is 0 Å². The van der Waals surface area contributed by atoms with Gasteiger partial charge >= 0.3 is 0 Å². The van der Waals surface area contributed by atoms with Crippen molar-refractivity contribution in [3.63, 3.8) is 0 Å². The molecule has 0 aliphatic rings. The lowest BCUT2D eigenvalue weighted by molar-refractivity contribution is 0.373. The Labute approximate surface area is 83.0 Å². The Morgan fingerprint density at radius 1 is 1.15 bits per heavy atom. The van der Waals surface area contributed by atoms with Crippen molar-refractivity contribution in [2.75, 3.05) is 31.6 Å². The van der Waals surface area contributed by atoms with Crippen molar-refractivity contribution >= 4 is 9.84 Å². The van der Waals surface area contributed by atoms with E-state index in [9.17, 15) is 8.42 Å². The summed E-state index contributed by atoms with van der Waals surface area (Å²) >= 11 is 0. The molecular formula is C9H23NO2S. The predicted octanol–water partition coefficient (Wildman–Crippen LogP) is 1.40. The highest BCUT2D eigenvalue weighted by Crippen LogP contribution is 1.90. The molecule has 0 bridgehead atoms. The summed E-state index contributed by atoms with van der Waals surface area (Å²) in [6, 6.07) is 0. The summed E-state index contributed by atoms with van der Waals surface area (Å²) in [5, 5.41) is 0. The molecule has 0 aliphatic heterocycles. The number of hydrogen-bond donors (Lipinski definition) is 0. The van der Waals surface area contributed by atoms with Crippen LogP contribution in [0.1, 0.15) is 27.7 Å². The van der Waals surface area contributed by atoms with E-state index in [1.165, 1.54) is 0 Å². The fourth-order valence-electron chi connectivity index (χ4n) is 0.597. The van der Waals surface area contributed by atoms with Crippen LogP contribution < -0.4 is 0 Å². The molecule has 0 aromatic rings. The average Bonchev–Trinajstić information content (AvgIpc) is 2.17. The van der Waals surface area contributed by atoms with E-state index in [1.807, 2.05) is 32.7 Å². The van der Waals surface area contributed by atoms with Crippen molar-refractivity contribution in [3.8, 4) is 0 Å². The SMILES string of the molecule is CC.CCN(C)CCS(=O)(=O)CC. The minimum atomic E-state index is -2.77. The van der Waals surface area contributed by atoms with Crippen molar-refractivity contribution < 1.29 is 8.42 Å². The largest absolute Gasteiger partial charge is 0.306 e. The van der Waals surface area contributed by atoms with Crippen molar-refractivity contribution in [2.45, 2.75) is 27.7 Å². The lowest BCUT2D eigenvalue weighted by Gasteiger charge is -2.12. The summed E-state index contributed by atoms with van der Waals surface area (Å²) in [5.41, 5.74) is 0. The van der Waals surface area contributed by atoms with Crippen molar-refractivity contribution in [2.24, 2.45) is 0 Å². The van der Waals surface area contributed by atoms with Gasteiger partial charge in [0.1, 0.15) is 0 Å². The van der Waals surface area contributed by atoms with Gasteiger partial charge in [0.05, 0.1) is 5.75 Å². The lowest BCUT2D eigenvalue weighted by atomic mass is 10.6. The molecule has 4 heteroatoms. The number of sulfone groups is 1. The zero-order chi connectivity index (χ0) is 10.9. The fourth-order valence-corrected chi connectivity index (χ4v) is 1.48. The Hall–Kier alpha value is -0.0900. The number of nitrogens with zero attached hydrogens (tertiary/aromatic N) is 1. The Bertz CT molecular complexity index is 188. The van der Waals surface area contributed by atoms with E-state index in [0.29, 0.717) is 6.54 Å². The maximum Gasteiger partial charge on any atom is 0.151 e. The first kappa shape index (κ1) is 15.4. The first-order chi connectivity index (χ1) is 6.02. The molecule has 0 heterocycles. The fraction of sp³-hybridized carbons (Fsp3) is 1.00. The Morgan fingerprint density at radius 3 is 1.92 bits per heavy atom. The smallest absolute Gasteiger partial charge is 0.151 e. The van der Waals surface area contributed by atoms with Crippen LogP contribution in [0.5, 0.6) is 0 Å². The predicted molar refractivity (Wildman–Crippen MR) is 58.8 cm³/mol. The van der Waals surface area contributed by atoms with Crippen LogP contribution in [0.15, 0.2) is 0 Å². The van der Waals surface area contributed by atoms with Crippen LogP contribution in [-0.4, -0.2) is 45.0 Å². The second-order valence-electron chi connectivity index (χ2n) is 2.63. The second-order valence-corrected chi connectivity index (χ2v) is 5.11. The van der Waals surface area contributed by atoms with Crippen LogP contribution in [0.3, 0.4) is 0 Å². The van der Waals surface area contributed by atoms with Crippen molar-refractivity contribution in [1.29, 1.82) is 0 Å². The maximum absolute atomic E-state index is 11.0. The molecular weight excluding hydrogens is 186 g/mol. The van der Waals surface area contributed by atoms with E-state index in [-0.39, 0.29) is 11.5 Å². The molecule has 0 rings (SSSR count). The van der Waals surface area contributed by atoms with E-state index in [1.54, 1.807) is 6.92 Å². The number of rotatable bonds is 5. The molecule has 0 saturated carbocycles. The van der Waals surface area contributed by atoms with Gasteiger partial charge in [-0.15, -0.1) is 0 Å². The zero-order valence-corrected chi connectivity index (χ0v) is 10.3. The zero-order valence-electron chi connectivity index (χ0n) is 9.50. The topological polar surface area (TPSA) is 37.4 Å². The van der Waals surface area contributed by atoms with Gasteiger partial charge in [-0.3, -0.25) is 0 Å². The Balaban J connectivity index is 0. The van der Waals surface area contributed by atoms with Gasteiger partial charge in [0.15, 0.2) is 9.84 Å². The molecule has 0 radical (unpaired) electrons. The van der Waals surface area contributed by atoms with E-state index in [0.717, 1.165) is 6.54 Å². The second kappa shape index (κ2) is 8.51. The van der Waals surface area contributed by atoms with Crippen molar-refractivity contribution in [1.82, 2.24) is 4.90 Å². The van der Waals surface area contributed by atoms with Crippen molar-refractivity contribution in [3.05, 3.63) is 0 Å². The summed E-state index contributed by atoms with van der Waals surface area (Å²) < 4.78 is 22.0. The van der Waals surface area contributed by atoms with Crippen LogP contribution in [-0.2, 0) is 9.84 Å². The Kier molecular flexibility index (Phi) is 10.1. The highest BCUT2D eigenvalue weighted by molar-refractivity contribution is 7.91. The van der Waals surface area contributed by atoms with E-state index in [4.69, 9.17) is 0 Å². The van der Waals surface area contributed by atoms with Gasteiger partial charge in [-0.1, -0.05) is 27.7 Å². The van der Waals surface area contributed by atoms with E-state index in [2.05, 4.69) is 0 Å². The van der Waals surface area contributed by atoms with Crippen LogP contribution in [0, 0.1) is 0 Å². The van der Waals surface area contributed by atoms with E-state index < -0.39 is 9.84 Å². The van der Waals surface area contributed by atoms with Gasteiger partial charge in [-0.05, 0) is 13.6 Å². The average molecular weight is 209 g/mol. The molecule has 82 valence electrons. The molecule has 0 aromatic heterocycles. The third-order valence-corrected chi connectivity index (χ3v) is 3.45. The first-order valence-corrected chi connectivity index (χ1v) is 6.73. The molecule has 13 heavy (non-hydrogen) atoms. The first-order valence-electron chi connectivity index (χ1n) is 4.90. The summed E-state index contributed by atoms with van der Waals surface area (Å²) in [7, 11) is -0.845. The molecule has 0 atom stereocenters. The molecule has 0 aromatic carbocycles. The lowest BCUT2D eigenvalue weighted by Crippen LogP contribution is -2.26. The monoisotopic (exact) mass is 209 g/mol. The summed E-state index contributed by atoms with van der Waals surface area (Å²) in [5.74, 6) is 0.540. The molecule has 0 amide bonds. The molecule has 0 saturated heterocycles. The molecule has 0 N–H and O–H groups in total. The summed E-state index contributed by atoms with van der Waals surface area (Å²) in [4.78, 5) is 1.99. The third-order valence-electron chi connectivity index (χ3n) is 1.76. The van der Waals surface area contributed by atoms with Gasteiger partial charge in [0.2, 0.25) is 0 Å². The van der Waals surface area contributed by atoms with Crippen LogP contribution in [0.4, 0.5) is 0 Å². The Morgan fingerprint density at radius 2 is 1.62 bits per heavy atom. The van der Waals surface area contributed by atoms with Gasteiger partial charge in [0, 0.05) is 12.3 Å². The summed E-state index contributed by atoms with van der Waals surface area (Å²) in [6.45, 7) is 9.24. The molecule has 0 unspecified atom stereocenters. The third kappa shape index (κ3) is 9.83. The summed E-state index contributed by atoms with van der Waals surface area (Å²) in [6.07, 6.45) is 0. The molecule has 3 nitrogen and oxygen atoms in total. The quantitative estimate of drug-likeness (QED) is 0.687. The minimum absolute atomic E-state index is 0.255. The molecule has 0 spiro atoms. The van der Waals surface area contributed by atoms with Gasteiger partial charge in [0.25, 0.3) is 0 Å².